The number of unbranched alkanes of at least 4 members (excludes halogenated alkanes) is 11. The van der Waals surface area contributed by atoms with Crippen molar-refractivity contribution in [2.45, 2.75) is 116 Å². The van der Waals surface area contributed by atoms with Crippen molar-refractivity contribution in [2.75, 3.05) is 13.2 Å². The number of aliphatic hydroxyl groups is 1. The summed E-state index contributed by atoms with van der Waals surface area (Å²) < 4.78 is 10.3. The standard InChI is InChI=1S/C22H42O5/c1-3-5-7-9-10-11-13-15-17-22(25)27-20(18-23)19-26-21(24)16-14-12-8-6-4-2/h20,23H,3-19H2,1-2H3. The van der Waals surface area contributed by atoms with E-state index in [1.54, 1.807) is 0 Å². The molecule has 0 bridgehead atoms. The molecule has 0 aliphatic heterocycles. The number of hydrogen-bond donors (Lipinski definition) is 1. The third-order valence-electron chi connectivity index (χ3n) is 4.65. The molecule has 5 heteroatoms. The van der Waals surface area contributed by atoms with Crippen LogP contribution in [0.2, 0.25) is 0 Å². The maximum absolute atomic E-state index is 11.8. The molecule has 5 nitrogen and oxygen atoms in total. The van der Waals surface area contributed by atoms with Crippen molar-refractivity contribution in [2.24, 2.45) is 0 Å². The van der Waals surface area contributed by atoms with E-state index in [1.165, 1.54) is 44.9 Å². The van der Waals surface area contributed by atoms with Crippen molar-refractivity contribution >= 4 is 11.9 Å². The van der Waals surface area contributed by atoms with Crippen LogP contribution in [0.15, 0.2) is 0 Å². The highest BCUT2D eigenvalue weighted by Crippen LogP contribution is 2.11. The van der Waals surface area contributed by atoms with Crippen LogP contribution in [-0.4, -0.2) is 36.4 Å². The van der Waals surface area contributed by atoms with Crippen LogP contribution in [0.4, 0.5) is 0 Å². The number of rotatable bonds is 19. The first-order valence-corrected chi connectivity index (χ1v) is 11.1. The maximum Gasteiger partial charge on any atom is 0.306 e. The van der Waals surface area contributed by atoms with Gasteiger partial charge < -0.3 is 14.6 Å². The molecule has 0 aromatic carbocycles. The highest BCUT2D eigenvalue weighted by Gasteiger charge is 2.15. The summed E-state index contributed by atoms with van der Waals surface area (Å²) in [5.74, 6) is -0.611. The maximum atomic E-state index is 11.8. The molecule has 0 heterocycles. The smallest absolute Gasteiger partial charge is 0.306 e. The van der Waals surface area contributed by atoms with E-state index < -0.39 is 6.10 Å². The quantitative estimate of drug-likeness (QED) is 0.240. The van der Waals surface area contributed by atoms with E-state index in [9.17, 15) is 14.7 Å². The molecule has 0 amide bonds. The van der Waals surface area contributed by atoms with Crippen molar-refractivity contribution in [3.8, 4) is 0 Å². The molecule has 0 aromatic rings. The number of esters is 2. The molecule has 0 fully saturated rings. The zero-order valence-corrected chi connectivity index (χ0v) is 17.7. The number of hydrogen-bond acceptors (Lipinski definition) is 5. The zero-order valence-electron chi connectivity index (χ0n) is 17.7. The van der Waals surface area contributed by atoms with Gasteiger partial charge in [0.05, 0.1) is 6.61 Å². The van der Waals surface area contributed by atoms with Crippen LogP contribution in [0.1, 0.15) is 110 Å². The molecule has 0 radical (unpaired) electrons. The summed E-state index contributed by atoms with van der Waals surface area (Å²) in [5, 5.41) is 9.30. The van der Waals surface area contributed by atoms with Gasteiger partial charge in [-0.2, -0.15) is 0 Å². The normalized spacial score (nSPS) is 12.0. The van der Waals surface area contributed by atoms with Gasteiger partial charge in [-0.3, -0.25) is 9.59 Å². The minimum Gasteiger partial charge on any atom is -0.462 e. The van der Waals surface area contributed by atoms with Gasteiger partial charge in [0.2, 0.25) is 0 Å². The van der Waals surface area contributed by atoms with Gasteiger partial charge in [-0.15, -0.1) is 0 Å². The Bertz CT molecular complexity index is 357. The van der Waals surface area contributed by atoms with Gasteiger partial charge in [0.15, 0.2) is 6.10 Å². The molecule has 1 unspecified atom stereocenters. The molecule has 0 rings (SSSR count). The molecule has 0 aliphatic carbocycles. The molecule has 1 N–H and O–H groups in total. The van der Waals surface area contributed by atoms with Crippen molar-refractivity contribution in [1.82, 2.24) is 0 Å². The van der Waals surface area contributed by atoms with Crippen LogP contribution in [0.3, 0.4) is 0 Å². The van der Waals surface area contributed by atoms with Gasteiger partial charge in [-0.1, -0.05) is 84.5 Å². The van der Waals surface area contributed by atoms with E-state index in [1.807, 2.05) is 0 Å². The van der Waals surface area contributed by atoms with E-state index in [0.29, 0.717) is 12.8 Å². The lowest BCUT2D eigenvalue weighted by atomic mass is 10.1. The summed E-state index contributed by atoms with van der Waals surface area (Å²) >= 11 is 0. The third-order valence-corrected chi connectivity index (χ3v) is 4.65. The van der Waals surface area contributed by atoms with Crippen LogP contribution < -0.4 is 0 Å². The first-order valence-electron chi connectivity index (χ1n) is 11.1. The summed E-state index contributed by atoms with van der Waals surface area (Å²) in [4.78, 5) is 23.5. The van der Waals surface area contributed by atoms with Crippen LogP contribution in [-0.2, 0) is 19.1 Å². The number of carbonyl (C=O) groups excluding carboxylic acids is 2. The lowest BCUT2D eigenvalue weighted by molar-refractivity contribution is -0.161. The molecular formula is C22H42O5. The molecule has 1 atom stereocenters. The lowest BCUT2D eigenvalue weighted by Crippen LogP contribution is -2.28. The van der Waals surface area contributed by atoms with Gasteiger partial charge in [-0.05, 0) is 12.8 Å². The molecule has 0 spiro atoms. The Hall–Kier alpha value is -1.10. The first-order chi connectivity index (χ1) is 13.1. The lowest BCUT2D eigenvalue weighted by Gasteiger charge is -2.15. The molecule has 0 aliphatic rings. The van der Waals surface area contributed by atoms with Crippen molar-refractivity contribution in [3.05, 3.63) is 0 Å². The van der Waals surface area contributed by atoms with Gasteiger partial charge in [0, 0.05) is 12.8 Å². The van der Waals surface area contributed by atoms with Gasteiger partial charge in [-0.25, -0.2) is 0 Å². The van der Waals surface area contributed by atoms with Crippen molar-refractivity contribution in [1.29, 1.82) is 0 Å². The Morgan fingerprint density at radius 2 is 1.15 bits per heavy atom. The van der Waals surface area contributed by atoms with E-state index in [-0.39, 0.29) is 25.2 Å². The Morgan fingerprint density at radius 1 is 0.704 bits per heavy atom. The van der Waals surface area contributed by atoms with Gasteiger partial charge in [0.1, 0.15) is 6.61 Å². The minimum absolute atomic E-state index is 0.0620. The second-order valence-electron chi connectivity index (χ2n) is 7.37. The predicted octanol–water partition coefficient (Wildman–Crippen LogP) is 5.33. The van der Waals surface area contributed by atoms with Crippen LogP contribution in [0.25, 0.3) is 0 Å². The highest BCUT2D eigenvalue weighted by atomic mass is 16.6. The van der Waals surface area contributed by atoms with E-state index in [2.05, 4.69) is 13.8 Å². The SMILES string of the molecule is CCCCCCCCCCC(=O)OC(CO)COC(=O)CCCCCCC. The molecule has 27 heavy (non-hydrogen) atoms. The third kappa shape index (κ3) is 18.0. The fourth-order valence-electron chi connectivity index (χ4n) is 2.90. The van der Waals surface area contributed by atoms with E-state index in [4.69, 9.17) is 9.47 Å². The second kappa shape index (κ2) is 19.7. The number of carbonyl (C=O) groups is 2. The summed E-state index contributed by atoms with van der Waals surface area (Å²) in [6.07, 6.45) is 14.7. The van der Waals surface area contributed by atoms with Gasteiger partial charge in [0.25, 0.3) is 0 Å². The van der Waals surface area contributed by atoms with Gasteiger partial charge >= 0.3 is 11.9 Å². The first kappa shape index (κ1) is 25.9. The van der Waals surface area contributed by atoms with Crippen LogP contribution >= 0.6 is 0 Å². The Labute approximate surface area is 166 Å². The molecule has 0 saturated heterocycles. The average Bonchev–Trinajstić information content (AvgIpc) is 2.67. The molecule has 0 aromatic heterocycles. The van der Waals surface area contributed by atoms with Crippen LogP contribution in [0, 0.1) is 0 Å². The summed E-state index contributed by atoms with van der Waals surface area (Å²) in [6, 6.07) is 0. The molecule has 0 saturated carbocycles. The molecule has 160 valence electrons. The highest BCUT2D eigenvalue weighted by molar-refractivity contribution is 5.70. The largest absolute Gasteiger partial charge is 0.462 e. The summed E-state index contributed by atoms with van der Waals surface area (Å²) in [7, 11) is 0. The minimum atomic E-state index is -0.754. The van der Waals surface area contributed by atoms with Crippen molar-refractivity contribution < 1.29 is 24.2 Å². The second-order valence-corrected chi connectivity index (χ2v) is 7.37. The zero-order chi connectivity index (χ0) is 20.2. The van der Waals surface area contributed by atoms with Crippen LogP contribution in [0.5, 0.6) is 0 Å². The summed E-state index contributed by atoms with van der Waals surface area (Å²) in [6.45, 7) is 3.97. The molecular weight excluding hydrogens is 344 g/mol. The van der Waals surface area contributed by atoms with E-state index >= 15 is 0 Å². The predicted molar refractivity (Wildman–Crippen MR) is 109 cm³/mol. The van der Waals surface area contributed by atoms with E-state index in [0.717, 1.165) is 38.5 Å². The fourth-order valence-corrected chi connectivity index (χ4v) is 2.90. The van der Waals surface area contributed by atoms with Crippen molar-refractivity contribution in [3.63, 3.8) is 0 Å². The monoisotopic (exact) mass is 386 g/mol. The Balaban J connectivity index is 3.67. The number of aliphatic hydroxyl groups excluding tert-OH is 1. The summed E-state index contributed by atoms with van der Waals surface area (Å²) in [5.41, 5.74) is 0. The average molecular weight is 387 g/mol. The number of ether oxygens (including phenoxy) is 2. The Morgan fingerprint density at radius 3 is 1.63 bits per heavy atom. The topological polar surface area (TPSA) is 72.8 Å². The fraction of sp³-hybridized carbons (Fsp3) is 0.909. The Kier molecular flexibility index (Phi) is 18.9.